The van der Waals surface area contributed by atoms with Crippen molar-refractivity contribution in [1.29, 1.82) is 0 Å². The van der Waals surface area contributed by atoms with E-state index in [-0.39, 0.29) is 0 Å². The Morgan fingerprint density at radius 2 is 2.24 bits per heavy atom. The van der Waals surface area contributed by atoms with E-state index in [1.54, 1.807) is 34.7 Å². The van der Waals surface area contributed by atoms with E-state index in [4.69, 9.17) is 11.6 Å². The molecule has 0 radical (unpaired) electrons. The first-order chi connectivity index (χ1) is 9.90. The van der Waals surface area contributed by atoms with E-state index in [1.165, 1.54) is 15.6 Å². The van der Waals surface area contributed by atoms with Crippen LogP contribution >= 0.6 is 22.9 Å². The van der Waals surface area contributed by atoms with Gasteiger partial charge in [-0.2, -0.15) is 9.46 Å². The highest BCUT2D eigenvalue weighted by atomic mass is 35.5. The van der Waals surface area contributed by atoms with Gasteiger partial charge in [0.15, 0.2) is 0 Å². The molecule has 0 unspecified atom stereocenters. The van der Waals surface area contributed by atoms with E-state index in [1.807, 2.05) is 24.4 Å². The van der Waals surface area contributed by atoms with Gasteiger partial charge in [-0.05, 0) is 28.5 Å². The van der Waals surface area contributed by atoms with Gasteiger partial charge in [0.25, 0.3) is 0 Å². The third-order valence-corrected chi connectivity index (χ3v) is 4.77. The lowest BCUT2D eigenvalue weighted by Crippen LogP contribution is -1.98. The number of nitrogens with zero attached hydrogens (tertiary/aromatic N) is 3. The molecule has 3 aromatic rings. The number of hydrogen-bond donors (Lipinski definition) is 0. The van der Waals surface area contributed by atoms with E-state index in [9.17, 15) is 4.21 Å². The average Bonchev–Trinajstić information content (AvgIpc) is 2.95. The Kier molecular flexibility index (Phi) is 3.77. The van der Waals surface area contributed by atoms with Crippen LogP contribution in [0.5, 0.6) is 0 Å². The molecule has 0 saturated heterocycles. The second-order valence-corrected chi connectivity index (χ2v) is 8.96. The van der Waals surface area contributed by atoms with Gasteiger partial charge in [0.05, 0.1) is 18.9 Å². The Bertz CT molecular complexity index is 911. The third kappa shape index (κ3) is 3.45. The van der Waals surface area contributed by atoms with Gasteiger partial charge in [-0.3, -0.25) is 4.68 Å². The van der Waals surface area contributed by atoms with E-state index in [0.717, 1.165) is 5.02 Å². The summed E-state index contributed by atoms with van der Waals surface area (Å²) in [5, 5.41) is 8.32. The predicted octanol–water partition coefficient (Wildman–Crippen LogP) is 4.16. The van der Waals surface area contributed by atoms with Crippen molar-refractivity contribution in [3.63, 3.8) is 0 Å². The summed E-state index contributed by atoms with van der Waals surface area (Å²) in [5.41, 5.74) is 1.84. The molecular formula is C14H14ClN3OS2. The number of halogens is 1. The molecule has 0 atom stereocenters. The molecule has 0 aliphatic carbocycles. The van der Waals surface area contributed by atoms with Crippen LogP contribution in [0.15, 0.2) is 40.3 Å². The molecule has 0 aliphatic heterocycles. The van der Waals surface area contributed by atoms with E-state index >= 15 is 0 Å². The number of rotatable bonds is 3. The van der Waals surface area contributed by atoms with Crippen LogP contribution in [0.3, 0.4) is 0 Å². The van der Waals surface area contributed by atoms with Gasteiger partial charge in [0, 0.05) is 32.0 Å². The summed E-state index contributed by atoms with van der Waals surface area (Å²) >= 11 is 7.67. The second kappa shape index (κ2) is 5.44. The van der Waals surface area contributed by atoms with Crippen molar-refractivity contribution in [3.8, 4) is 0 Å². The van der Waals surface area contributed by atoms with Crippen molar-refractivity contribution in [2.75, 3.05) is 12.5 Å². The molecule has 0 N–H and O–H groups in total. The van der Waals surface area contributed by atoms with Gasteiger partial charge >= 0.3 is 0 Å². The van der Waals surface area contributed by atoms with Crippen LogP contribution in [0.1, 0.15) is 5.56 Å². The molecule has 21 heavy (non-hydrogen) atoms. The zero-order valence-electron chi connectivity index (χ0n) is 11.6. The minimum absolute atomic E-state index is 0.646. The minimum Gasteiger partial charge on any atom is -0.266 e. The Balaban J connectivity index is 1.91. The molecule has 3 rings (SSSR count). The molecular weight excluding hydrogens is 326 g/mol. The zero-order valence-corrected chi connectivity index (χ0v) is 14.0. The van der Waals surface area contributed by atoms with Crippen LogP contribution in [-0.4, -0.2) is 26.5 Å². The lowest BCUT2D eigenvalue weighted by atomic mass is 10.2. The Morgan fingerprint density at radius 3 is 3.00 bits per heavy atom. The summed E-state index contributed by atoms with van der Waals surface area (Å²) in [6, 6.07) is 5.90. The summed E-state index contributed by atoms with van der Waals surface area (Å²) in [4.78, 5) is 0. The number of thiophene rings is 1. The molecule has 1 aromatic carbocycles. The van der Waals surface area contributed by atoms with Gasteiger partial charge in [0.2, 0.25) is 0 Å². The first-order valence-corrected chi connectivity index (χ1v) is 9.85. The lowest BCUT2D eigenvalue weighted by molar-refractivity contribution is 0.684. The lowest BCUT2D eigenvalue weighted by Gasteiger charge is -2.00. The Morgan fingerprint density at radius 1 is 1.43 bits per heavy atom. The maximum Gasteiger partial charge on any atom is 0.111 e. The summed E-state index contributed by atoms with van der Waals surface area (Å²) in [6.07, 6.45) is 6.67. The third-order valence-electron chi connectivity index (χ3n) is 2.89. The normalized spacial score (nSPS) is 12.0. The summed E-state index contributed by atoms with van der Waals surface area (Å²) in [7, 11) is -2.16. The summed E-state index contributed by atoms with van der Waals surface area (Å²) in [6.45, 7) is 0.659. The standard InChI is InChI=1S/C14H14ClN3OS2/c1-21(2,19)17-12-6-16-18(8-12)7-10-9-20-14-5-11(15)3-4-13(10)14/h3-6,8-9H,7H2,1-2H3. The van der Waals surface area contributed by atoms with Crippen LogP contribution < -0.4 is 0 Å². The second-order valence-electron chi connectivity index (χ2n) is 5.07. The maximum atomic E-state index is 11.7. The number of fused-ring (bicyclic) bond motifs is 1. The monoisotopic (exact) mass is 339 g/mol. The highest BCUT2D eigenvalue weighted by Crippen LogP contribution is 2.29. The number of benzene rings is 1. The van der Waals surface area contributed by atoms with Gasteiger partial charge in [-0.25, -0.2) is 4.21 Å². The molecule has 110 valence electrons. The molecule has 0 bridgehead atoms. The van der Waals surface area contributed by atoms with Gasteiger partial charge in [-0.15, -0.1) is 11.3 Å². The van der Waals surface area contributed by atoms with Crippen LogP contribution in [0, 0.1) is 0 Å². The fraction of sp³-hybridized carbons (Fsp3) is 0.214. The van der Waals surface area contributed by atoms with E-state index < -0.39 is 9.73 Å². The topological polar surface area (TPSA) is 47.2 Å². The smallest absolute Gasteiger partial charge is 0.111 e. The van der Waals surface area contributed by atoms with Crippen molar-refractivity contribution in [3.05, 3.63) is 46.6 Å². The quantitative estimate of drug-likeness (QED) is 0.719. The summed E-state index contributed by atoms with van der Waals surface area (Å²) < 4.78 is 18.8. The van der Waals surface area contributed by atoms with Crippen LogP contribution in [-0.2, 0) is 16.3 Å². The zero-order chi connectivity index (χ0) is 15.0. The van der Waals surface area contributed by atoms with Gasteiger partial charge in [0.1, 0.15) is 5.69 Å². The molecule has 0 aliphatic rings. The molecule has 0 saturated carbocycles. The minimum atomic E-state index is -2.16. The van der Waals surface area contributed by atoms with Crippen molar-refractivity contribution >= 4 is 48.4 Å². The van der Waals surface area contributed by atoms with Crippen LogP contribution in [0.25, 0.3) is 10.1 Å². The fourth-order valence-electron chi connectivity index (χ4n) is 2.09. The highest BCUT2D eigenvalue weighted by molar-refractivity contribution is 7.92. The van der Waals surface area contributed by atoms with Crippen molar-refractivity contribution in [2.45, 2.75) is 6.54 Å². The Labute approximate surface area is 132 Å². The predicted molar refractivity (Wildman–Crippen MR) is 90.2 cm³/mol. The van der Waals surface area contributed by atoms with Crippen molar-refractivity contribution in [2.24, 2.45) is 4.36 Å². The Hall–Kier alpha value is -1.37. The van der Waals surface area contributed by atoms with Gasteiger partial charge < -0.3 is 0 Å². The first kappa shape index (κ1) is 14.6. The fourth-order valence-corrected chi connectivity index (χ4v) is 3.92. The van der Waals surface area contributed by atoms with Crippen molar-refractivity contribution in [1.82, 2.24) is 9.78 Å². The van der Waals surface area contributed by atoms with Crippen LogP contribution in [0.2, 0.25) is 5.02 Å². The highest BCUT2D eigenvalue weighted by Gasteiger charge is 2.07. The van der Waals surface area contributed by atoms with E-state index in [2.05, 4.69) is 14.8 Å². The first-order valence-electron chi connectivity index (χ1n) is 6.26. The average molecular weight is 340 g/mol. The molecule has 4 nitrogen and oxygen atoms in total. The molecule has 0 amide bonds. The molecule has 7 heteroatoms. The number of hydrogen-bond acceptors (Lipinski definition) is 4. The van der Waals surface area contributed by atoms with Gasteiger partial charge in [-0.1, -0.05) is 17.7 Å². The van der Waals surface area contributed by atoms with Crippen LogP contribution in [0.4, 0.5) is 5.69 Å². The molecule has 0 spiro atoms. The number of aromatic nitrogens is 2. The van der Waals surface area contributed by atoms with E-state index in [0.29, 0.717) is 12.2 Å². The summed E-state index contributed by atoms with van der Waals surface area (Å²) in [5.74, 6) is 0. The molecule has 0 fully saturated rings. The molecule has 2 aromatic heterocycles. The largest absolute Gasteiger partial charge is 0.266 e. The SMILES string of the molecule is CS(C)(=O)=Nc1cnn(Cc2csc3cc(Cl)ccc23)c1. The maximum absolute atomic E-state index is 11.7. The van der Waals surface area contributed by atoms with Crippen molar-refractivity contribution < 1.29 is 4.21 Å². The molecule has 2 heterocycles.